The Labute approximate surface area is 142 Å². The van der Waals surface area contributed by atoms with Gasteiger partial charge in [0.25, 0.3) is 0 Å². The fourth-order valence-electron chi connectivity index (χ4n) is 3.44. The Hall–Kier alpha value is -2.18. The highest BCUT2D eigenvalue weighted by atomic mass is 35.5. The van der Waals surface area contributed by atoms with Crippen LogP contribution < -0.4 is 4.90 Å². The molecule has 0 saturated carbocycles. The molecule has 1 spiro atoms. The number of aromatic nitrogens is 1. The smallest absolute Gasteiger partial charge is 0.354 e. The van der Waals surface area contributed by atoms with Crippen LogP contribution in [0.5, 0.6) is 0 Å². The second kappa shape index (κ2) is 5.43. The summed E-state index contributed by atoms with van der Waals surface area (Å²) in [5.74, 6) is -1.56. The summed E-state index contributed by atoms with van der Waals surface area (Å²) in [4.78, 5) is 17.6. The second-order valence-electron chi connectivity index (χ2n) is 6.14. The molecule has 0 bridgehead atoms. The van der Waals surface area contributed by atoms with Crippen molar-refractivity contribution in [2.45, 2.75) is 11.8 Å². The number of fused-ring (bicyclic) bond motifs is 2. The van der Waals surface area contributed by atoms with Crippen LogP contribution in [0.2, 0.25) is 5.02 Å². The van der Waals surface area contributed by atoms with Crippen molar-refractivity contribution in [2.75, 3.05) is 24.7 Å². The minimum Gasteiger partial charge on any atom is -0.477 e. The van der Waals surface area contributed by atoms with E-state index < -0.39 is 11.8 Å². The highest BCUT2D eigenvalue weighted by Gasteiger charge is 2.47. The van der Waals surface area contributed by atoms with Crippen molar-refractivity contribution >= 4 is 28.9 Å². The van der Waals surface area contributed by atoms with Gasteiger partial charge in [0, 0.05) is 18.8 Å². The van der Waals surface area contributed by atoms with Crippen LogP contribution in [0, 0.1) is 5.82 Å². The molecule has 0 radical (unpaired) electrons. The number of aromatic carboxylic acids is 1. The van der Waals surface area contributed by atoms with E-state index in [1.54, 1.807) is 12.1 Å². The third-order valence-electron chi connectivity index (χ3n) is 4.67. The quantitative estimate of drug-likeness (QED) is 0.901. The zero-order valence-corrected chi connectivity index (χ0v) is 13.4. The van der Waals surface area contributed by atoms with Crippen molar-refractivity contribution in [3.63, 3.8) is 0 Å². The van der Waals surface area contributed by atoms with E-state index in [-0.39, 0.29) is 16.1 Å². The first-order valence-corrected chi connectivity index (χ1v) is 7.93. The number of carboxylic acid groups (broad SMARTS) is 1. The first-order chi connectivity index (χ1) is 11.5. The van der Waals surface area contributed by atoms with Crippen LogP contribution in [0.15, 0.2) is 30.3 Å². The Balaban J connectivity index is 1.85. The molecule has 124 valence electrons. The largest absolute Gasteiger partial charge is 0.477 e. The van der Waals surface area contributed by atoms with Crippen LogP contribution in [0.25, 0.3) is 0 Å². The van der Waals surface area contributed by atoms with Gasteiger partial charge in [0.05, 0.1) is 28.4 Å². The summed E-state index contributed by atoms with van der Waals surface area (Å²) in [5.41, 5.74) is 1.79. The average molecular weight is 349 g/mol. The number of ether oxygens (including phenoxy) is 1. The molecule has 1 unspecified atom stereocenters. The molecule has 2 aliphatic rings. The molecule has 1 saturated heterocycles. The normalized spacial score (nSPS) is 22.2. The van der Waals surface area contributed by atoms with Gasteiger partial charge in [-0.15, -0.1) is 0 Å². The van der Waals surface area contributed by atoms with Gasteiger partial charge >= 0.3 is 5.97 Å². The Morgan fingerprint density at radius 1 is 1.38 bits per heavy atom. The molecule has 2 aliphatic heterocycles. The van der Waals surface area contributed by atoms with E-state index in [2.05, 4.69) is 4.98 Å². The van der Waals surface area contributed by atoms with Crippen molar-refractivity contribution in [1.82, 2.24) is 4.98 Å². The zero-order chi connectivity index (χ0) is 16.9. The molecule has 1 fully saturated rings. The lowest BCUT2D eigenvalue weighted by molar-refractivity contribution is 0.0690. The molecule has 1 aromatic heterocycles. The topological polar surface area (TPSA) is 62.7 Å². The highest BCUT2D eigenvalue weighted by molar-refractivity contribution is 6.30. The molecule has 5 nitrogen and oxygen atoms in total. The Morgan fingerprint density at radius 2 is 2.21 bits per heavy atom. The van der Waals surface area contributed by atoms with Crippen molar-refractivity contribution in [3.05, 3.63) is 52.6 Å². The predicted molar refractivity (Wildman–Crippen MR) is 86.7 cm³/mol. The van der Waals surface area contributed by atoms with Crippen LogP contribution in [0.4, 0.5) is 15.8 Å². The van der Waals surface area contributed by atoms with E-state index >= 15 is 0 Å². The van der Waals surface area contributed by atoms with Crippen molar-refractivity contribution in [2.24, 2.45) is 0 Å². The van der Waals surface area contributed by atoms with Gasteiger partial charge in [-0.1, -0.05) is 11.6 Å². The van der Waals surface area contributed by atoms with Gasteiger partial charge in [-0.2, -0.15) is 0 Å². The van der Waals surface area contributed by atoms with Gasteiger partial charge < -0.3 is 14.7 Å². The lowest BCUT2D eigenvalue weighted by Gasteiger charge is -2.23. The molecule has 24 heavy (non-hydrogen) atoms. The number of hydrogen-bond donors (Lipinski definition) is 1. The number of pyridine rings is 1. The summed E-state index contributed by atoms with van der Waals surface area (Å²) in [7, 11) is 0. The minimum atomic E-state index is -1.07. The summed E-state index contributed by atoms with van der Waals surface area (Å²) >= 11 is 5.77. The molecule has 0 amide bonds. The summed E-state index contributed by atoms with van der Waals surface area (Å²) < 4.78 is 19.4. The molecule has 4 rings (SSSR count). The van der Waals surface area contributed by atoms with Crippen LogP contribution in [-0.4, -0.2) is 35.8 Å². The summed E-state index contributed by atoms with van der Waals surface area (Å²) in [6, 6.07) is 7.84. The molecule has 1 atom stereocenters. The van der Waals surface area contributed by atoms with E-state index in [9.17, 15) is 14.3 Å². The minimum absolute atomic E-state index is 0.00385. The summed E-state index contributed by atoms with van der Waals surface area (Å²) in [5, 5.41) is 9.29. The number of anilines is 2. The van der Waals surface area contributed by atoms with Crippen molar-refractivity contribution < 1.29 is 19.0 Å². The molecule has 0 aliphatic carbocycles. The van der Waals surface area contributed by atoms with Crippen LogP contribution in [0.3, 0.4) is 0 Å². The third-order valence-corrected chi connectivity index (χ3v) is 4.97. The SMILES string of the molecule is O=C(O)c1ccc2c(n1)C1(CCOC1)CN2c1ccc(Cl)c(F)c1. The number of hydrogen-bond acceptors (Lipinski definition) is 4. The van der Waals surface area contributed by atoms with Crippen LogP contribution in [0.1, 0.15) is 22.6 Å². The van der Waals surface area contributed by atoms with Crippen LogP contribution >= 0.6 is 11.6 Å². The van der Waals surface area contributed by atoms with E-state index in [4.69, 9.17) is 16.3 Å². The maximum Gasteiger partial charge on any atom is 0.354 e. The van der Waals surface area contributed by atoms with Crippen molar-refractivity contribution in [1.29, 1.82) is 0 Å². The Bertz CT molecular complexity index is 837. The zero-order valence-electron chi connectivity index (χ0n) is 12.6. The predicted octanol–water partition coefficient (Wildman–Crippen LogP) is 3.38. The second-order valence-corrected chi connectivity index (χ2v) is 6.54. The fraction of sp³-hybridized carbons (Fsp3) is 0.294. The molecule has 1 aromatic carbocycles. The number of nitrogens with zero attached hydrogens (tertiary/aromatic N) is 2. The van der Waals surface area contributed by atoms with Gasteiger partial charge in [-0.3, -0.25) is 0 Å². The maximum absolute atomic E-state index is 13.9. The number of carboxylic acids is 1. The molecule has 7 heteroatoms. The highest BCUT2D eigenvalue weighted by Crippen LogP contribution is 2.47. The average Bonchev–Trinajstić information content (AvgIpc) is 3.16. The van der Waals surface area contributed by atoms with E-state index in [0.29, 0.717) is 31.1 Å². The van der Waals surface area contributed by atoms with Gasteiger partial charge in [0.1, 0.15) is 11.5 Å². The molecular formula is C17H14ClFN2O3. The fourth-order valence-corrected chi connectivity index (χ4v) is 3.56. The number of carbonyl (C=O) groups is 1. The van der Waals surface area contributed by atoms with Crippen LogP contribution in [-0.2, 0) is 10.2 Å². The Kier molecular flexibility index (Phi) is 3.47. The third kappa shape index (κ3) is 2.25. The van der Waals surface area contributed by atoms with Gasteiger partial charge in [-0.25, -0.2) is 14.2 Å². The van der Waals surface area contributed by atoms with E-state index in [0.717, 1.165) is 12.1 Å². The van der Waals surface area contributed by atoms with Crippen molar-refractivity contribution in [3.8, 4) is 0 Å². The standard InChI is InChI=1S/C17H14ClFN2O3/c18-11-2-1-10(7-12(11)19)21-8-17(5-6-24-9-17)15-14(21)4-3-13(20-15)16(22)23/h1-4,7H,5-6,8-9H2,(H,22,23). The van der Waals surface area contributed by atoms with Gasteiger partial charge in [0.2, 0.25) is 0 Å². The molecule has 3 heterocycles. The van der Waals surface area contributed by atoms with Gasteiger partial charge in [-0.05, 0) is 36.8 Å². The first-order valence-electron chi connectivity index (χ1n) is 7.55. The summed E-state index contributed by atoms with van der Waals surface area (Å²) in [6.07, 6.45) is 0.753. The van der Waals surface area contributed by atoms with Gasteiger partial charge in [0.15, 0.2) is 0 Å². The van der Waals surface area contributed by atoms with E-state index in [1.165, 1.54) is 18.2 Å². The number of halogens is 2. The number of benzene rings is 1. The number of rotatable bonds is 2. The lowest BCUT2D eigenvalue weighted by atomic mass is 9.85. The Morgan fingerprint density at radius 3 is 2.88 bits per heavy atom. The maximum atomic E-state index is 13.9. The summed E-state index contributed by atoms with van der Waals surface area (Å²) in [6.45, 7) is 1.64. The van der Waals surface area contributed by atoms with E-state index in [1.807, 2.05) is 4.90 Å². The molecule has 1 N–H and O–H groups in total. The lowest BCUT2D eigenvalue weighted by Crippen LogP contribution is -2.32. The molecular weight excluding hydrogens is 335 g/mol. The monoisotopic (exact) mass is 348 g/mol. The molecule has 2 aromatic rings. The first kappa shape index (κ1) is 15.4.